The van der Waals surface area contributed by atoms with Gasteiger partial charge in [0.2, 0.25) is 0 Å². The van der Waals surface area contributed by atoms with Crippen molar-refractivity contribution in [3.63, 3.8) is 0 Å². The topological polar surface area (TPSA) is 55.4 Å². The zero-order valence-corrected chi connectivity index (χ0v) is 8.92. The summed E-state index contributed by atoms with van der Waals surface area (Å²) in [6.45, 7) is 6.47. The minimum absolute atomic E-state index is 0.0157. The van der Waals surface area contributed by atoms with Gasteiger partial charge in [0.1, 0.15) is 17.3 Å². The van der Waals surface area contributed by atoms with Crippen molar-refractivity contribution in [1.29, 1.82) is 0 Å². The molecule has 1 atom stereocenters. The minimum Gasteiger partial charge on any atom is -0.459 e. The normalized spacial score (nSPS) is 23.4. The van der Waals surface area contributed by atoms with Crippen LogP contribution in [0.15, 0.2) is 0 Å². The van der Waals surface area contributed by atoms with E-state index in [4.69, 9.17) is 4.74 Å². The quantitative estimate of drug-likeness (QED) is 0.493. The van der Waals surface area contributed by atoms with Crippen molar-refractivity contribution in [2.24, 2.45) is 5.92 Å². The summed E-state index contributed by atoms with van der Waals surface area (Å²) < 4.78 is 5.15. The SMILES string of the molecule is CC(C)(C)OC(=O)C1CNCCC1=O. The van der Waals surface area contributed by atoms with Gasteiger partial charge >= 0.3 is 5.97 Å². The summed E-state index contributed by atoms with van der Waals surface area (Å²) in [7, 11) is 0. The molecule has 1 heterocycles. The van der Waals surface area contributed by atoms with E-state index in [0.29, 0.717) is 19.5 Å². The zero-order valence-electron chi connectivity index (χ0n) is 8.92. The molecule has 1 rings (SSSR count). The molecule has 1 aliphatic heterocycles. The fraction of sp³-hybridized carbons (Fsp3) is 0.800. The number of hydrogen-bond donors (Lipinski definition) is 1. The Kier molecular flexibility index (Phi) is 3.26. The van der Waals surface area contributed by atoms with Crippen molar-refractivity contribution in [3.05, 3.63) is 0 Å². The van der Waals surface area contributed by atoms with E-state index in [2.05, 4.69) is 5.32 Å². The van der Waals surface area contributed by atoms with Gasteiger partial charge in [-0.3, -0.25) is 9.59 Å². The Labute approximate surface area is 84.0 Å². The third-order valence-electron chi connectivity index (χ3n) is 1.98. The fourth-order valence-electron chi connectivity index (χ4n) is 1.33. The smallest absolute Gasteiger partial charge is 0.318 e. The molecule has 0 aromatic carbocycles. The molecule has 1 aliphatic rings. The summed E-state index contributed by atoms with van der Waals surface area (Å²) in [6, 6.07) is 0. The third-order valence-corrected chi connectivity index (χ3v) is 1.98. The van der Waals surface area contributed by atoms with Crippen molar-refractivity contribution in [2.45, 2.75) is 32.8 Å². The number of ketones is 1. The van der Waals surface area contributed by atoms with E-state index in [9.17, 15) is 9.59 Å². The lowest BCUT2D eigenvalue weighted by Crippen LogP contribution is -2.43. The summed E-state index contributed by atoms with van der Waals surface area (Å²) >= 11 is 0. The number of piperidine rings is 1. The van der Waals surface area contributed by atoms with Crippen LogP contribution in [0.1, 0.15) is 27.2 Å². The first-order valence-electron chi connectivity index (χ1n) is 4.86. The maximum absolute atomic E-state index is 11.5. The van der Waals surface area contributed by atoms with Crippen molar-refractivity contribution in [2.75, 3.05) is 13.1 Å². The molecule has 0 radical (unpaired) electrons. The average Bonchev–Trinajstić information content (AvgIpc) is 2.01. The lowest BCUT2D eigenvalue weighted by atomic mass is 9.98. The summed E-state index contributed by atoms with van der Waals surface area (Å²) in [5, 5.41) is 3.01. The lowest BCUT2D eigenvalue weighted by Gasteiger charge is -2.25. The molecule has 4 nitrogen and oxygen atoms in total. The van der Waals surface area contributed by atoms with Gasteiger partial charge in [0.05, 0.1) is 0 Å². The van der Waals surface area contributed by atoms with Gasteiger partial charge in [0.15, 0.2) is 0 Å². The summed E-state index contributed by atoms with van der Waals surface area (Å²) in [5.41, 5.74) is -0.519. The minimum atomic E-state index is -0.608. The number of hydrogen-bond acceptors (Lipinski definition) is 4. The van der Waals surface area contributed by atoms with E-state index in [0.717, 1.165) is 0 Å². The van der Waals surface area contributed by atoms with Gasteiger partial charge < -0.3 is 10.1 Å². The molecule has 1 fully saturated rings. The van der Waals surface area contributed by atoms with Crippen LogP contribution < -0.4 is 5.32 Å². The van der Waals surface area contributed by atoms with Gasteiger partial charge in [0.25, 0.3) is 0 Å². The molecule has 1 saturated heterocycles. The lowest BCUT2D eigenvalue weighted by molar-refractivity contribution is -0.162. The highest BCUT2D eigenvalue weighted by Gasteiger charge is 2.32. The Hall–Kier alpha value is -0.900. The molecule has 0 aromatic rings. The van der Waals surface area contributed by atoms with Gasteiger partial charge in [0, 0.05) is 19.5 Å². The van der Waals surface area contributed by atoms with Gasteiger partial charge in [-0.05, 0) is 20.8 Å². The van der Waals surface area contributed by atoms with Crippen LogP contribution >= 0.6 is 0 Å². The average molecular weight is 199 g/mol. The van der Waals surface area contributed by atoms with Crippen LogP contribution in [0, 0.1) is 5.92 Å². The Morgan fingerprint density at radius 3 is 2.64 bits per heavy atom. The molecular weight excluding hydrogens is 182 g/mol. The largest absolute Gasteiger partial charge is 0.459 e. The molecular formula is C10H17NO3. The number of Topliss-reactive ketones (excluding diaryl/α,β-unsaturated/α-hetero) is 1. The van der Waals surface area contributed by atoms with Gasteiger partial charge in [-0.25, -0.2) is 0 Å². The predicted molar refractivity (Wildman–Crippen MR) is 51.8 cm³/mol. The van der Waals surface area contributed by atoms with E-state index >= 15 is 0 Å². The molecule has 0 bridgehead atoms. The summed E-state index contributed by atoms with van der Waals surface area (Å²) in [5.74, 6) is -1.03. The Morgan fingerprint density at radius 2 is 2.14 bits per heavy atom. The van der Waals surface area contributed by atoms with E-state index in [1.165, 1.54) is 0 Å². The zero-order chi connectivity index (χ0) is 10.8. The highest BCUT2D eigenvalue weighted by atomic mass is 16.6. The van der Waals surface area contributed by atoms with E-state index < -0.39 is 17.5 Å². The number of carbonyl (C=O) groups excluding carboxylic acids is 2. The number of rotatable bonds is 1. The van der Waals surface area contributed by atoms with Crippen LogP contribution in [0.25, 0.3) is 0 Å². The highest BCUT2D eigenvalue weighted by Crippen LogP contribution is 2.14. The highest BCUT2D eigenvalue weighted by molar-refractivity contribution is 5.99. The van der Waals surface area contributed by atoms with Gasteiger partial charge in [-0.15, -0.1) is 0 Å². The van der Waals surface area contributed by atoms with Crippen molar-refractivity contribution >= 4 is 11.8 Å². The fourth-order valence-corrected chi connectivity index (χ4v) is 1.33. The summed E-state index contributed by atoms with van der Waals surface area (Å²) in [4.78, 5) is 22.9. The van der Waals surface area contributed by atoms with Crippen LogP contribution in [0.2, 0.25) is 0 Å². The molecule has 1 N–H and O–H groups in total. The second kappa shape index (κ2) is 4.09. The second-order valence-corrected chi connectivity index (χ2v) is 4.51. The standard InChI is InChI=1S/C10H17NO3/c1-10(2,3)14-9(13)7-6-11-5-4-8(7)12/h7,11H,4-6H2,1-3H3. The molecule has 0 aromatic heterocycles. The Balaban J connectivity index is 2.55. The van der Waals surface area contributed by atoms with Gasteiger partial charge in [-0.1, -0.05) is 0 Å². The molecule has 1 unspecified atom stereocenters. The number of esters is 1. The maximum atomic E-state index is 11.5. The van der Waals surface area contributed by atoms with Gasteiger partial charge in [-0.2, -0.15) is 0 Å². The van der Waals surface area contributed by atoms with Crippen LogP contribution in [-0.2, 0) is 14.3 Å². The first-order chi connectivity index (χ1) is 6.40. The van der Waals surface area contributed by atoms with E-state index in [1.807, 2.05) is 0 Å². The molecule has 0 aliphatic carbocycles. The van der Waals surface area contributed by atoms with Crippen LogP contribution in [-0.4, -0.2) is 30.4 Å². The van der Waals surface area contributed by atoms with Crippen LogP contribution in [0.3, 0.4) is 0 Å². The Bertz CT molecular complexity index is 242. The van der Waals surface area contributed by atoms with Crippen LogP contribution in [0.4, 0.5) is 0 Å². The number of ether oxygens (including phenoxy) is 1. The first kappa shape index (κ1) is 11.2. The second-order valence-electron chi connectivity index (χ2n) is 4.51. The number of nitrogens with one attached hydrogen (secondary N) is 1. The monoisotopic (exact) mass is 199 g/mol. The Morgan fingerprint density at radius 1 is 1.50 bits per heavy atom. The van der Waals surface area contributed by atoms with Crippen molar-refractivity contribution in [1.82, 2.24) is 5.32 Å². The molecule has 0 amide bonds. The van der Waals surface area contributed by atoms with Crippen LogP contribution in [0.5, 0.6) is 0 Å². The first-order valence-corrected chi connectivity index (χ1v) is 4.86. The molecule has 0 spiro atoms. The summed E-state index contributed by atoms with van der Waals surface area (Å²) in [6.07, 6.45) is 0.421. The van der Waals surface area contributed by atoms with E-state index in [-0.39, 0.29) is 5.78 Å². The molecule has 80 valence electrons. The number of carbonyl (C=O) groups is 2. The third kappa shape index (κ3) is 3.10. The maximum Gasteiger partial charge on any atom is 0.318 e. The van der Waals surface area contributed by atoms with Crippen molar-refractivity contribution < 1.29 is 14.3 Å². The predicted octanol–water partition coefficient (Wildman–Crippen LogP) is 0.507. The molecule has 14 heavy (non-hydrogen) atoms. The van der Waals surface area contributed by atoms with E-state index in [1.54, 1.807) is 20.8 Å². The van der Waals surface area contributed by atoms with Crippen molar-refractivity contribution in [3.8, 4) is 0 Å². The molecule has 4 heteroatoms. The molecule has 0 saturated carbocycles.